The van der Waals surface area contributed by atoms with Gasteiger partial charge in [-0.25, -0.2) is 9.97 Å². The Hall–Kier alpha value is -2.61. The van der Waals surface area contributed by atoms with Gasteiger partial charge in [-0.05, 0) is 12.8 Å². The van der Waals surface area contributed by atoms with Gasteiger partial charge in [-0.1, -0.05) is 0 Å². The van der Waals surface area contributed by atoms with Gasteiger partial charge < -0.3 is 16.0 Å². The van der Waals surface area contributed by atoms with Gasteiger partial charge in [0, 0.05) is 37.6 Å². The van der Waals surface area contributed by atoms with Gasteiger partial charge in [-0.2, -0.15) is 0 Å². The van der Waals surface area contributed by atoms with Crippen molar-refractivity contribution in [2.75, 3.05) is 25.0 Å². The Labute approximate surface area is 134 Å². The fourth-order valence-electron chi connectivity index (χ4n) is 2.71. The molecule has 1 fully saturated rings. The molecular formula is C15H19N7O. The Morgan fingerprint density at radius 3 is 2.91 bits per heavy atom. The summed E-state index contributed by atoms with van der Waals surface area (Å²) >= 11 is 0. The fraction of sp³-hybridized carbons (Fsp3) is 0.400. The summed E-state index contributed by atoms with van der Waals surface area (Å²) in [4.78, 5) is 30.6. The maximum atomic E-state index is 11.8. The lowest BCUT2D eigenvalue weighted by Gasteiger charge is -2.32. The van der Waals surface area contributed by atoms with E-state index in [1.165, 1.54) is 0 Å². The predicted molar refractivity (Wildman–Crippen MR) is 85.0 cm³/mol. The number of nitrogens with one attached hydrogen (secondary N) is 1. The molecule has 1 unspecified atom stereocenters. The van der Waals surface area contributed by atoms with Crippen LogP contribution in [0.3, 0.4) is 0 Å². The van der Waals surface area contributed by atoms with Crippen LogP contribution >= 0.6 is 0 Å². The van der Waals surface area contributed by atoms with Crippen LogP contribution in [0.5, 0.6) is 0 Å². The van der Waals surface area contributed by atoms with Gasteiger partial charge in [0.15, 0.2) is 0 Å². The number of hydrogen-bond donors (Lipinski definition) is 2. The van der Waals surface area contributed by atoms with Crippen molar-refractivity contribution < 1.29 is 4.79 Å². The Bertz CT molecular complexity index is 664. The van der Waals surface area contributed by atoms with Crippen molar-refractivity contribution in [2.24, 2.45) is 5.73 Å². The van der Waals surface area contributed by atoms with E-state index in [9.17, 15) is 4.79 Å². The molecule has 8 heteroatoms. The first kappa shape index (κ1) is 15.3. The van der Waals surface area contributed by atoms with Crippen LogP contribution in [0.25, 0.3) is 0 Å². The van der Waals surface area contributed by atoms with Crippen molar-refractivity contribution in [3.05, 3.63) is 36.7 Å². The quantitative estimate of drug-likeness (QED) is 0.853. The van der Waals surface area contributed by atoms with Crippen molar-refractivity contribution in [1.29, 1.82) is 0 Å². The molecule has 1 aliphatic heterocycles. The van der Waals surface area contributed by atoms with Crippen LogP contribution in [0, 0.1) is 0 Å². The maximum absolute atomic E-state index is 11.8. The molecule has 0 radical (unpaired) electrons. The number of rotatable bonds is 4. The number of amides is 1. The Morgan fingerprint density at radius 2 is 2.13 bits per heavy atom. The van der Waals surface area contributed by atoms with Gasteiger partial charge in [0.1, 0.15) is 11.6 Å². The van der Waals surface area contributed by atoms with E-state index < -0.39 is 0 Å². The smallest absolute Gasteiger partial charge is 0.236 e. The molecule has 0 saturated carbocycles. The molecule has 0 spiro atoms. The number of nitrogens with two attached hydrogens (primary N) is 1. The SMILES string of the molecule is NCC(=O)N1CCCC(c2cncc(Nc3cnccn3)n2)C1. The van der Waals surface area contributed by atoms with E-state index in [1.807, 2.05) is 0 Å². The Kier molecular flexibility index (Phi) is 4.72. The highest BCUT2D eigenvalue weighted by molar-refractivity contribution is 5.78. The average molecular weight is 313 g/mol. The molecule has 2 aromatic rings. The van der Waals surface area contributed by atoms with Crippen LogP contribution in [0.4, 0.5) is 11.6 Å². The zero-order chi connectivity index (χ0) is 16.1. The van der Waals surface area contributed by atoms with Crippen LogP contribution in [-0.2, 0) is 4.79 Å². The second-order valence-corrected chi connectivity index (χ2v) is 5.43. The maximum Gasteiger partial charge on any atom is 0.236 e. The summed E-state index contributed by atoms with van der Waals surface area (Å²) in [6, 6.07) is 0. The van der Waals surface area contributed by atoms with E-state index in [0.717, 1.165) is 25.1 Å². The van der Waals surface area contributed by atoms with Crippen molar-refractivity contribution in [1.82, 2.24) is 24.8 Å². The van der Waals surface area contributed by atoms with Crippen LogP contribution < -0.4 is 11.1 Å². The van der Waals surface area contributed by atoms with E-state index in [-0.39, 0.29) is 18.4 Å². The fourth-order valence-corrected chi connectivity index (χ4v) is 2.71. The van der Waals surface area contributed by atoms with Crippen molar-refractivity contribution >= 4 is 17.5 Å². The summed E-state index contributed by atoms with van der Waals surface area (Å²) in [6.07, 6.45) is 10.2. The lowest BCUT2D eigenvalue weighted by atomic mass is 9.95. The predicted octanol–water partition coefficient (Wildman–Crippen LogP) is 0.675. The first-order valence-electron chi connectivity index (χ1n) is 7.59. The average Bonchev–Trinajstić information content (AvgIpc) is 2.62. The van der Waals surface area contributed by atoms with Crippen LogP contribution in [0.2, 0.25) is 0 Å². The van der Waals surface area contributed by atoms with Crippen LogP contribution in [-0.4, -0.2) is 50.4 Å². The number of nitrogens with zero attached hydrogens (tertiary/aromatic N) is 5. The standard InChI is InChI=1S/C15H19N7O/c16-6-15(23)22-5-1-2-11(10-22)12-7-18-9-14(20-12)21-13-8-17-3-4-19-13/h3-4,7-9,11H,1-2,5-6,10,16H2,(H,19,20,21). The van der Waals surface area contributed by atoms with Crippen molar-refractivity contribution in [3.63, 3.8) is 0 Å². The molecule has 8 nitrogen and oxygen atoms in total. The number of carbonyl (C=O) groups excluding carboxylic acids is 1. The summed E-state index contributed by atoms with van der Waals surface area (Å²) in [7, 11) is 0. The topological polar surface area (TPSA) is 110 Å². The lowest BCUT2D eigenvalue weighted by Crippen LogP contribution is -2.42. The summed E-state index contributed by atoms with van der Waals surface area (Å²) in [5.74, 6) is 1.39. The Balaban J connectivity index is 1.73. The van der Waals surface area contributed by atoms with Gasteiger partial charge in [0.25, 0.3) is 0 Å². The van der Waals surface area contributed by atoms with Crippen LogP contribution in [0.15, 0.2) is 31.0 Å². The van der Waals surface area contributed by atoms with E-state index in [4.69, 9.17) is 5.73 Å². The number of likely N-dealkylation sites (tertiary alicyclic amines) is 1. The molecule has 1 saturated heterocycles. The number of aromatic nitrogens is 4. The summed E-state index contributed by atoms with van der Waals surface area (Å²) in [5.41, 5.74) is 6.32. The lowest BCUT2D eigenvalue weighted by molar-refractivity contribution is -0.130. The van der Waals surface area contributed by atoms with Gasteiger partial charge in [-0.3, -0.25) is 14.8 Å². The molecule has 1 atom stereocenters. The number of hydrogen-bond acceptors (Lipinski definition) is 7. The van der Waals surface area contributed by atoms with E-state index in [1.54, 1.807) is 35.9 Å². The molecule has 23 heavy (non-hydrogen) atoms. The van der Waals surface area contributed by atoms with E-state index >= 15 is 0 Å². The molecule has 3 rings (SSSR count). The normalized spacial score (nSPS) is 17.8. The minimum atomic E-state index is -0.0171. The monoisotopic (exact) mass is 313 g/mol. The molecule has 3 heterocycles. The highest BCUT2D eigenvalue weighted by atomic mass is 16.2. The number of carbonyl (C=O) groups is 1. The van der Waals surface area contributed by atoms with E-state index in [2.05, 4.69) is 25.3 Å². The molecule has 120 valence electrons. The highest BCUT2D eigenvalue weighted by Gasteiger charge is 2.25. The minimum Gasteiger partial charge on any atom is -0.341 e. The summed E-state index contributed by atoms with van der Waals surface area (Å²) in [5, 5.41) is 3.08. The van der Waals surface area contributed by atoms with Crippen molar-refractivity contribution in [2.45, 2.75) is 18.8 Å². The second kappa shape index (κ2) is 7.10. The molecule has 0 bridgehead atoms. The first-order chi connectivity index (χ1) is 11.3. The zero-order valence-electron chi connectivity index (χ0n) is 12.7. The summed E-state index contributed by atoms with van der Waals surface area (Å²) < 4.78 is 0. The molecule has 3 N–H and O–H groups in total. The molecule has 0 aliphatic carbocycles. The number of anilines is 2. The Morgan fingerprint density at radius 1 is 1.26 bits per heavy atom. The number of piperidine rings is 1. The third-order valence-corrected chi connectivity index (χ3v) is 3.84. The summed E-state index contributed by atoms with van der Waals surface area (Å²) in [6.45, 7) is 1.45. The van der Waals surface area contributed by atoms with Crippen LogP contribution in [0.1, 0.15) is 24.5 Å². The minimum absolute atomic E-state index is 0.0171. The second-order valence-electron chi connectivity index (χ2n) is 5.43. The largest absolute Gasteiger partial charge is 0.341 e. The highest BCUT2D eigenvalue weighted by Crippen LogP contribution is 2.26. The molecule has 2 aromatic heterocycles. The zero-order valence-corrected chi connectivity index (χ0v) is 12.7. The third-order valence-electron chi connectivity index (χ3n) is 3.84. The molecular weight excluding hydrogens is 294 g/mol. The van der Waals surface area contributed by atoms with E-state index in [0.29, 0.717) is 18.2 Å². The van der Waals surface area contributed by atoms with Gasteiger partial charge >= 0.3 is 0 Å². The molecule has 1 amide bonds. The first-order valence-corrected chi connectivity index (χ1v) is 7.59. The van der Waals surface area contributed by atoms with Gasteiger partial charge in [-0.15, -0.1) is 0 Å². The van der Waals surface area contributed by atoms with Gasteiger partial charge in [0.2, 0.25) is 5.91 Å². The molecule has 0 aromatic carbocycles. The van der Waals surface area contributed by atoms with Crippen molar-refractivity contribution in [3.8, 4) is 0 Å². The third kappa shape index (κ3) is 3.78. The molecule has 1 aliphatic rings. The van der Waals surface area contributed by atoms with Gasteiger partial charge in [0.05, 0.1) is 24.6 Å².